The zero-order valence-electron chi connectivity index (χ0n) is 11.1. The van der Waals surface area contributed by atoms with Crippen LogP contribution in [-0.4, -0.2) is 33.6 Å². The van der Waals surface area contributed by atoms with E-state index in [0.717, 1.165) is 11.3 Å². The van der Waals surface area contributed by atoms with Gasteiger partial charge in [0.15, 0.2) is 9.84 Å². The molecule has 1 atom stereocenters. The third-order valence-electron chi connectivity index (χ3n) is 2.92. The van der Waals surface area contributed by atoms with Crippen molar-refractivity contribution in [3.8, 4) is 5.75 Å². The molecule has 1 rings (SSSR count). The fourth-order valence-corrected chi connectivity index (χ4v) is 2.30. The van der Waals surface area contributed by atoms with E-state index in [1.54, 1.807) is 14.0 Å². The zero-order chi connectivity index (χ0) is 13.6. The first-order chi connectivity index (χ1) is 8.48. The molecule has 1 aromatic rings. The number of hydrogen-bond acceptors (Lipinski definition) is 4. The molecule has 18 heavy (non-hydrogen) atoms. The molecular formula is C13H21NO3S. The summed E-state index contributed by atoms with van der Waals surface area (Å²) in [7, 11) is -1.26. The van der Waals surface area contributed by atoms with Crippen LogP contribution in [0.1, 0.15) is 25.5 Å². The Hall–Kier alpha value is -1.07. The van der Waals surface area contributed by atoms with Crippen molar-refractivity contribution in [1.29, 1.82) is 0 Å². The van der Waals surface area contributed by atoms with Crippen LogP contribution in [0.4, 0.5) is 0 Å². The molecule has 0 amide bonds. The molecule has 0 saturated heterocycles. The first-order valence-electron chi connectivity index (χ1n) is 6.06. The van der Waals surface area contributed by atoms with Gasteiger partial charge in [0.05, 0.1) is 12.9 Å². The molecular weight excluding hydrogens is 250 g/mol. The number of benzene rings is 1. The van der Waals surface area contributed by atoms with E-state index in [0.29, 0.717) is 6.54 Å². The summed E-state index contributed by atoms with van der Waals surface area (Å²) in [4.78, 5) is 0. The average molecular weight is 271 g/mol. The highest BCUT2D eigenvalue weighted by Crippen LogP contribution is 2.16. The predicted octanol–water partition coefficient (Wildman–Crippen LogP) is 1.78. The highest BCUT2D eigenvalue weighted by Gasteiger charge is 2.09. The Balaban J connectivity index is 2.47. The molecule has 0 bridgehead atoms. The Morgan fingerprint density at radius 2 is 1.89 bits per heavy atom. The van der Waals surface area contributed by atoms with Crippen LogP contribution < -0.4 is 10.1 Å². The molecule has 0 spiro atoms. The van der Waals surface area contributed by atoms with Crippen LogP contribution in [0.5, 0.6) is 5.75 Å². The van der Waals surface area contributed by atoms with Crippen LogP contribution in [0, 0.1) is 0 Å². The number of sulfone groups is 1. The maximum atomic E-state index is 11.3. The molecule has 4 nitrogen and oxygen atoms in total. The lowest BCUT2D eigenvalue weighted by molar-refractivity contribution is 0.414. The van der Waals surface area contributed by atoms with Crippen molar-refractivity contribution in [3.05, 3.63) is 29.8 Å². The minimum atomic E-state index is -2.89. The molecule has 0 fully saturated rings. The fraction of sp³-hybridized carbons (Fsp3) is 0.538. The van der Waals surface area contributed by atoms with Gasteiger partial charge >= 0.3 is 0 Å². The van der Waals surface area contributed by atoms with Gasteiger partial charge in [-0.1, -0.05) is 19.1 Å². The highest BCUT2D eigenvalue weighted by molar-refractivity contribution is 7.91. The molecule has 0 aliphatic heterocycles. The standard InChI is InChI=1S/C13H21NO3S/c1-4-18(15,16)10-9-14-11(2)12-5-7-13(17-3)8-6-12/h5-8,11,14H,4,9-10H2,1-3H3/t11-/m1/s1. The molecule has 1 aromatic carbocycles. The van der Waals surface area contributed by atoms with E-state index in [9.17, 15) is 8.42 Å². The topological polar surface area (TPSA) is 55.4 Å². The summed E-state index contributed by atoms with van der Waals surface area (Å²) in [5, 5.41) is 3.21. The summed E-state index contributed by atoms with van der Waals surface area (Å²) in [5.41, 5.74) is 1.12. The van der Waals surface area contributed by atoms with Gasteiger partial charge in [-0.2, -0.15) is 0 Å². The molecule has 0 aliphatic carbocycles. The normalized spacial score (nSPS) is 13.3. The Morgan fingerprint density at radius 3 is 2.39 bits per heavy atom. The minimum Gasteiger partial charge on any atom is -0.497 e. The van der Waals surface area contributed by atoms with Crippen LogP contribution in [0.25, 0.3) is 0 Å². The second-order valence-electron chi connectivity index (χ2n) is 4.19. The lowest BCUT2D eigenvalue weighted by atomic mass is 10.1. The number of methoxy groups -OCH3 is 1. The summed E-state index contributed by atoms with van der Waals surface area (Å²) < 4.78 is 27.8. The number of ether oxygens (including phenoxy) is 1. The van der Waals surface area contributed by atoms with Gasteiger partial charge in [0.2, 0.25) is 0 Å². The van der Waals surface area contributed by atoms with Crippen molar-refractivity contribution >= 4 is 9.84 Å². The van der Waals surface area contributed by atoms with Crippen molar-refractivity contribution in [2.24, 2.45) is 0 Å². The predicted molar refractivity (Wildman–Crippen MR) is 73.7 cm³/mol. The quantitative estimate of drug-likeness (QED) is 0.821. The highest BCUT2D eigenvalue weighted by atomic mass is 32.2. The monoisotopic (exact) mass is 271 g/mol. The van der Waals surface area contributed by atoms with Crippen molar-refractivity contribution in [3.63, 3.8) is 0 Å². The Kier molecular flexibility index (Phi) is 5.62. The smallest absolute Gasteiger partial charge is 0.151 e. The molecule has 0 aliphatic rings. The molecule has 0 unspecified atom stereocenters. The molecule has 1 N–H and O–H groups in total. The second kappa shape index (κ2) is 6.75. The molecule has 0 heterocycles. The van der Waals surface area contributed by atoms with E-state index >= 15 is 0 Å². The van der Waals surface area contributed by atoms with Gasteiger partial charge in [-0.25, -0.2) is 8.42 Å². The molecule has 0 radical (unpaired) electrons. The average Bonchev–Trinajstić information content (AvgIpc) is 2.38. The Bertz CT molecular complexity index is 454. The summed E-state index contributed by atoms with van der Waals surface area (Å²) in [6.45, 7) is 4.16. The number of rotatable bonds is 7. The van der Waals surface area contributed by atoms with Gasteiger partial charge in [-0.15, -0.1) is 0 Å². The molecule has 102 valence electrons. The lowest BCUT2D eigenvalue weighted by Crippen LogP contribution is -2.26. The first-order valence-corrected chi connectivity index (χ1v) is 7.88. The third kappa shape index (κ3) is 4.66. The molecule has 0 saturated carbocycles. The zero-order valence-corrected chi connectivity index (χ0v) is 12.0. The number of hydrogen-bond donors (Lipinski definition) is 1. The van der Waals surface area contributed by atoms with E-state index in [1.807, 2.05) is 31.2 Å². The number of nitrogens with one attached hydrogen (secondary N) is 1. The molecule has 5 heteroatoms. The van der Waals surface area contributed by atoms with Crippen molar-refractivity contribution in [2.75, 3.05) is 25.2 Å². The van der Waals surface area contributed by atoms with E-state index in [1.165, 1.54) is 0 Å². The maximum Gasteiger partial charge on any atom is 0.151 e. The van der Waals surface area contributed by atoms with E-state index < -0.39 is 9.84 Å². The van der Waals surface area contributed by atoms with Crippen LogP contribution in [0.2, 0.25) is 0 Å². The SMILES string of the molecule is CCS(=O)(=O)CCN[C@H](C)c1ccc(OC)cc1. The summed E-state index contributed by atoms with van der Waals surface area (Å²) in [6, 6.07) is 7.88. The Labute approximate surface area is 109 Å². The van der Waals surface area contributed by atoms with Gasteiger partial charge in [-0.3, -0.25) is 0 Å². The first kappa shape index (κ1) is 15.0. The maximum absolute atomic E-state index is 11.3. The van der Waals surface area contributed by atoms with Gasteiger partial charge in [0.25, 0.3) is 0 Å². The largest absolute Gasteiger partial charge is 0.497 e. The van der Waals surface area contributed by atoms with Gasteiger partial charge in [0.1, 0.15) is 5.75 Å². The minimum absolute atomic E-state index is 0.128. The van der Waals surface area contributed by atoms with Crippen LogP contribution >= 0.6 is 0 Å². The van der Waals surface area contributed by atoms with Crippen LogP contribution in [-0.2, 0) is 9.84 Å². The summed E-state index contributed by atoms with van der Waals surface area (Å²) >= 11 is 0. The summed E-state index contributed by atoms with van der Waals surface area (Å²) in [5.74, 6) is 1.20. The lowest BCUT2D eigenvalue weighted by Gasteiger charge is -2.14. The van der Waals surface area contributed by atoms with Crippen molar-refractivity contribution in [1.82, 2.24) is 5.32 Å². The van der Waals surface area contributed by atoms with Gasteiger partial charge < -0.3 is 10.1 Å². The van der Waals surface area contributed by atoms with E-state index in [2.05, 4.69) is 5.32 Å². The van der Waals surface area contributed by atoms with E-state index in [-0.39, 0.29) is 17.5 Å². The van der Waals surface area contributed by atoms with Gasteiger partial charge in [-0.05, 0) is 24.6 Å². The Morgan fingerprint density at radius 1 is 1.28 bits per heavy atom. The van der Waals surface area contributed by atoms with E-state index in [4.69, 9.17) is 4.74 Å². The van der Waals surface area contributed by atoms with Gasteiger partial charge in [0, 0.05) is 18.3 Å². The third-order valence-corrected chi connectivity index (χ3v) is 4.63. The summed E-state index contributed by atoms with van der Waals surface area (Å²) in [6.07, 6.45) is 0. The van der Waals surface area contributed by atoms with Crippen molar-refractivity contribution < 1.29 is 13.2 Å². The fourth-order valence-electron chi connectivity index (χ4n) is 1.59. The molecule has 0 aromatic heterocycles. The van der Waals surface area contributed by atoms with Crippen LogP contribution in [0.15, 0.2) is 24.3 Å². The van der Waals surface area contributed by atoms with Crippen LogP contribution in [0.3, 0.4) is 0 Å². The van der Waals surface area contributed by atoms with Crippen molar-refractivity contribution in [2.45, 2.75) is 19.9 Å². The second-order valence-corrected chi connectivity index (χ2v) is 6.66.